The highest BCUT2D eigenvalue weighted by atomic mass is 16.5. The first kappa shape index (κ1) is 13.4. The molecule has 16 heavy (non-hydrogen) atoms. The van der Waals surface area contributed by atoms with Gasteiger partial charge in [-0.25, -0.2) is 0 Å². The Hall–Kier alpha value is -0.650. The molecule has 0 saturated carbocycles. The van der Waals surface area contributed by atoms with Crippen LogP contribution in [0.15, 0.2) is 0 Å². The first-order chi connectivity index (χ1) is 7.59. The molecule has 0 bridgehead atoms. The lowest BCUT2D eigenvalue weighted by Crippen LogP contribution is -2.48. The van der Waals surface area contributed by atoms with Gasteiger partial charge in [0.2, 0.25) is 5.91 Å². The van der Waals surface area contributed by atoms with Crippen LogP contribution in [0.1, 0.15) is 19.3 Å². The van der Waals surface area contributed by atoms with Gasteiger partial charge in [0, 0.05) is 27.2 Å². The van der Waals surface area contributed by atoms with Crippen molar-refractivity contribution in [3.63, 3.8) is 0 Å². The summed E-state index contributed by atoms with van der Waals surface area (Å²) in [6, 6.07) is 0. The topological polar surface area (TPSA) is 64.8 Å². The zero-order chi connectivity index (χ0) is 12.0. The van der Waals surface area contributed by atoms with Crippen LogP contribution in [0.4, 0.5) is 0 Å². The van der Waals surface area contributed by atoms with Gasteiger partial charge in [0.25, 0.3) is 0 Å². The van der Waals surface area contributed by atoms with E-state index >= 15 is 0 Å². The minimum atomic E-state index is -0.370. The van der Waals surface area contributed by atoms with E-state index in [1.165, 1.54) is 0 Å². The molecule has 0 aliphatic carbocycles. The summed E-state index contributed by atoms with van der Waals surface area (Å²) in [6.07, 6.45) is 2.28. The van der Waals surface area contributed by atoms with Gasteiger partial charge in [-0.15, -0.1) is 0 Å². The SMILES string of the molecule is CN(C)C(=O)CCOC1(CN)CCCOC1. The van der Waals surface area contributed by atoms with Crippen LogP contribution < -0.4 is 5.73 Å². The number of ether oxygens (including phenoxy) is 2. The Balaban J connectivity index is 2.31. The number of nitrogens with two attached hydrogens (primary N) is 1. The van der Waals surface area contributed by atoms with Gasteiger partial charge in [0.05, 0.1) is 19.6 Å². The van der Waals surface area contributed by atoms with Gasteiger partial charge in [0.1, 0.15) is 5.60 Å². The summed E-state index contributed by atoms with van der Waals surface area (Å²) >= 11 is 0. The number of hydrogen-bond acceptors (Lipinski definition) is 4. The van der Waals surface area contributed by atoms with Crippen molar-refractivity contribution in [1.29, 1.82) is 0 Å². The Morgan fingerprint density at radius 2 is 2.31 bits per heavy atom. The summed E-state index contributed by atoms with van der Waals surface area (Å²) in [6.45, 7) is 2.18. The molecule has 94 valence electrons. The van der Waals surface area contributed by atoms with Gasteiger partial charge in [-0.2, -0.15) is 0 Å². The summed E-state index contributed by atoms with van der Waals surface area (Å²) in [4.78, 5) is 12.9. The van der Waals surface area contributed by atoms with E-state index < -0.39 is 0 Å². The summed E-state index contributed by atoms with van der Waals surface area (Å²) < 4.78 is 11.1. The van der Waals surface area contributed by atoms with Crippen molar-refractivity contribution >= 4 is 5.91 Å². The Labute approximate surface area is 96.9 Å². The molecule has 1 aliphatic heterocycles. The summed E-state index contributed by atoms with van der Waals surface area (Å²) in [7, 11) is 3.48. The number of hydrogen-bond donors (Lipinski definition) is 1. The van der Waals surface area contributed by atoms with Crippen LogP contribution in [-0.4, -0.2) is 56.9 Å². The standard InChI is InChI=1S/C11H22N2O3/c1-13(2)10(14)4-7-16-11(8-12)5-3-6-15-9-11/h3-9,12H2,1-2H3. The molecule has 1 fully saturated rings. The van der Waals surface area contributed by atoms with Gasteiger partial charge >= 0.3 is 0 Å². The second-order valence-electron chi connectivity index (χ2n) is 4.43. The van der Waals surface area contributed by atoms with E-state index in [-0.39, 0.29) is 11.5 Å². The zero-order valence-corrected chi connectivity index (χ0v) is 10.2. The van der Waals surface area contributed by atoms with Crippen LogP contribution >= 0.6 is 0 Å². The molecule has 0 radical (unpaired) electrons. The zero-order valence-electron chi connectivity index (χ0n) is 10.2. The van der Waals surface area contributed by atoms with E-state index in [2.05, 4.69) is 0 Å². The Morgan fingerprint density at radius 1 is 1.56 bits per heavy atom. The number of rotatable bonds is 5. The third-order valence-corrected chi connectivity index (χ3v) is 2.88. The molecule has 1 unspecified atom stereocenters. The van der Waals surface area contributed by atoms with Gasteiger partial charge < -0.3 is 20.1 Å². The second-order valence-corrected chi connectivity index (χ2v) is 4.43. The molecule has 0 aromatic rings. The van der Waals surface area contributed by atoms with Crippen LogP contribution in [0.3, 0.4) is 0 Å². The minimum absolute atomic E-state index is 0.0731. The maximum Gasteiger partial charge on any atom is 0.224 e. The first-order valence-corrected chi connectivity index (χ1v) is 5.71. The number of carbonyl (C=O) groups is 1. The fourth-order valence-electron chi connectivity index (χ4n) is 1.74. The van der Waals surface area contributed by atoms with Crippen LogP contribution in [-0.2, 0) is 14.3 Å². The highest BCUT2D eigenvalue weighted by molar-refractivity contribution is 5.75. The molecule has 5 heteroatoms. The van der Waals surface area contributed by atoms with Crippen LogP contribution in [0.5, 0.6) is 0 Å². The van der Waals surface area contributed by atoms with Crippen molar-refractivity contribution in [2.24, 2.45) is 5.73 Å². The van der Waals surface area contributed by atoms with Gasteiger partial charge in [-0.1, -0.05) is 0 Å². The molecule has 2 N–H and O–H groups in total. The summed E-state index contributed by atoms with van der Waals surface area (Å²) in [5, 5.41) is 0. The number of nitrogens with zero attached hydrogens (tertiary/aromatic N) is 1. The average molecular weight is 230 g/mol. The monoisotopic (exact) mass is 230 g/mol. The van der Waals surface area contributed by atoms with Crippen molar-refractivity contribution in [3.05, 3.63) is 0 Å². The maximum absolute atomic E-state index is 11.4. The second kappa shape index (κ2) is 6.18. The van der Waals surface area contributed by atoms with Crippen molar-refractivity contribution in [2.75, 3.05) is 40.5 Å². The normalized spacial score (nSPS) is 25.4. The predicted molar refractivity (Wildman–Crippen MR) is 61.1 cm³/mol. The van der Waals surface area contributed by atoms with E-state index in [1.807, 2.05) is 0 Å². The third kappa shape index (κ3) is 3.73. The minimum Gasteiger partial charge on any atom is -0.378 e. The molecule has 1 aliphatic rings. The molecule has 5 nitrogen and oxygen atoms in total. The molecule has 0 aromatic heterocycles. The van der Waals surface area contributed by atoms with Crippen LogP contribution in [0, 0.1) is 0 Å². The summed E-state index contributed by atoms with van der Waals surface area (Å²) in [5.74, 6) is 0.0731. The van der Waals surface area contributed by atoms with Gasteiger partial charge in [0.15, 0.2) is 0 Å². The first-order valence-electron chi connectivity index (χ1n) is 5.71. The summed E-state index contributed by atoms with van der Waals surface area (Å²) in [5.41, 5.74) is 5.34. The molecule has 1 saturated heterocycles. The van der Waals surface area contributed by atoms with Crippen LogP contribution in [0.25, 0.3) is 0 Å². The largest absolute Gasteiger partial charge is 0.378 e. The number of carbonyl (C=O) groups excluding carboxylic acids is 1. The lowest BCUT2D eigenvalue weighted by atomic mass is 9.96. The molecule has 1 atom stereocenters. The van der Waals surface area contributed by atoms with Crippen LogP contribution in [0.2, 0.25) is 0 Å². The average Bonchev–Trinajstić information content (AvgIpc) is 2.30. The quantitative estimate of drug-likeness (QED) is 0.721. The number of amides is 1. The fourth-order valence-corrected chi connectivity index (χ4v) is 1.74. The smallest absolute Gasteiger partial charge is 0.224 e. The van der Waals surface area contributed by atoms with Gasteiger partial charge in [-0.05, 0) is 12.8 Å². The van der Waals surface area contributed by atoms with Crippen molar-refractivity contribution in [1.82, 2.24) is 4.90 Å². The molecule has 1 amide bonds. The molecule has 1 rings (SSSR count). The molecular weight excluding hydrogens is 208 g/mol. The van der Waals surface area contributed by atoms with Crippen molar-refractivity contribution in [3.8, 4) is 0 Å². The highest BCUT2D eigenvalue weighted by Crippen LogP contribution is 2.22. The Morgan fingerprint density at radius 3 is 2.81 bits per heavy atom. The Bertz CT molecular complexity index is 225. The van der Waals surface area contributed by atoms with E-state index in [0.29, 0.717) is 26.2 Å². The van der Waals surface area contributed by atoms with Gasteiger partial charge in [-0.3, -0.25) is 4.79 Å². The third-order valence-electron chi connectivity index (χ3n) is 2.88. The lowest BCUT2D eigenvalue weighted by Gasteiger charge is -2.35. The van der Waals surface area contributed by atoms with E-state index in [9.17, 15) is 4.79 Å². The van der Waals surface area contributed by atoms with Crippen molar-refractivity contribution < 1.29 is 14.3 Å². The molecule has 0 aromatic carbocycles. The molecular formula is C11H22N2O3. The van der Waals surface area contributed by atoms with Crippen molar-refractivity contribution in [2.45, 2.75) is 24.9 Å². The molecule has 1 heterocycles. The van der Waals surface area contributed by atoms with E-state index in [1.54, 1.807) is 19.0 Å². The van der Waals surface area contributed by atoms with E-state index in [4.69, 9.17) is 15.2 Å². The predicted octanol–water partition coefficient (Wildman–Crippen LogP) is -0.0108. The maximum atomic E-state index is 11.4. The Kier molecular flexibility index (Phi) is 5.18. The molecule has 0 spiro atoms. The lowest BCUT2D eigenvalue weighted by molar-refractivity contribution is -0.139. The van der Waals surface area contributed by atoms with E-state index in [0.717, 1.165) is 19.4 Å². The fraction of sp³-hybridized carbons (Fsp3) is 0.909. The highest BCUT2D eigenvalue weighted by Gasteiger charge is 2.32.